The zero-order valence-corrected chi connectivity index (χ0v) is 18.1. The summed E-state index contributed by atoms with van der Waals surface area (Å²) in [4.78, 5) is 30.0. The molecule has 2 aliphatic rings. The molecule has 0 radical (unpaired) electrons. The standard InChI is InChI=1S/C24H27N5O2/c1-13(15-8-10-18(11-9-15)26-23(30)17-6-7-17)25-24(31)19-12-20(16-4-5-16)27-22-21(19)14(2)28-29(22)3/h8-13,16-17H,4-7H2,1-3H3,(H,25,31)(H,26,30). The molecule has 1 atom stereocenters. The normalized spacial score (nSPS) is 16.9. The fourth-order valence-electron chi connectivity index (χ4n) is 4.03. The summed E-state index contributed by atoms with van der Waals surface area (Å²) in [6.45, 7) is 3.88. The Morgan fingerprint density at radius 2 is 1.84 bits per heavy atom. The second-order valence-electron chi connectivity index (χ2n) is 8.86. The Kier molecular flexibility index (Phi) is 4.76. The van der Waals surface area contributed by atoms with Gasteiger partial charge >= 0.3 is 0 Å². The average molecular weight is 418 g/mol. The van der Waals surface area contributed by atoms with Gasteiger partial charge in [0.2, 0.25) is 5.91 Å². The van der Waals surface area contributed by atoms with E-state index in [2.05, 4.69) is 15.7 Å². The molecule has 7 heteroatoms. The lowest BCUT2D eigenvalue weighted by atomic mass is 10.0. The summed E-state index contributed by atoms with van der Waals surface area (Å²) in [5, 5.41) is 11.4. The van der Waals surface area contributed by atoms with Crippen molar-refractivity contribution in [2.24, 2.45) is 13.0 Å². The number of carbonyl (C=O) groups is 2. The van der Waals surface area contributed by atoms with Crippen molar-refractivity contribution in [1.82, 2.24) is 20.1 Å². The smallest absolute Gasteiger partial charge is 0.252 e. The number of pyridine rings is 1. The van der Waals surface area contributed by atoms with Crippen molar-refractivity contribution < 1.29 is 9.59 Å². The minimum Gasteiger partial charge on any atom is -0.345 e. The quantitative estimate of drug-likeness (QED) is 0.635. The molecule has 160 valence electrons. The van der Waals surface area contributed by atoms with Gasteiger partial charge in [-0.15, -0.1) is 0 Å². The monoisotopic (exact) mass is 417 g/mol. The van der Waals surface area contributed by atoms with E-state index in [-0.39, 0.29) is 23.8 Å². The van der Waals surface area contributed by atoms with Gasteiger partial charge in [0.25, 0.3) is 5.91 Å². The van der Waals surface area contributed by atoms with E-state index in [9.17, 15) is 9.59 Å². The Labute approximate surface area is 181 Å². The maximum Gasteiger partial charge on any atom is 0.252 e. The van der Waals surface area contributed by atoms with Crippen LogP contribution in [0.25, 0.3) is 11.0 Å². The number of hydrogen-bond donors (Lipinski definition) is 2. The number of anilines is 1. The second kappa shape index (κ2) is 7.48. The average Bonchev–Trinajstić information content (AvgIpc) is 3.66. The zero-order valence-electron chi connectivity index (χ0n) is 18.1. The van der Waals surface area contributed by atoms with Crippen LogP contribution in [0.3, 0.4) is 0 Å². The minimum absolute atomic E-state index is 0.0918. The number of carbonyl (C=O) groups excluding carboxylic acids is 2. The van der Waals surface area contributed by atoms with E-state index in [0.717, 1.165) is 59.4 Å². The van der Waals surface area contributed by atoms with Crippen molar-refractivity contribution >= 4 is 28.5 Å². The molecule has 7 nitrogen and oxygen atoms in total. The van der Waals surface area contributed by atoms with Gasteiger partial charge in [-0.25, -0.2) is 4.98 Å². The number of amides is 2. The van der Waals surface area contributed by atoms with E-state index >= 15 is 0 Å². The molecule has 0 saturated heterocycles. The first-order chi connectivity index (χ1) is 14.9. The lowest BCUT2D eigenvalue weighted by molar-refractivity contribution is -0.117. The van der Waals surface area contributed by atoms with Crippen molar-refractivity contribution in [1.29, 1.82) is 0 Å². The molecule has 2 amide bonds. The van der Waals surface area contributed by atoms with Crippen LogP contribution in [0.4, 0.5) is 5.69 Å². The summed E-state index contributed by atoms with van der Waals surface area (Å²) in [7, 11) is 1.87. The van der Waals surface area contributed by atoms with Gasteiger partial charge in [-0.2, -0.15) is 5.10 Å². The molecule has 3 aromatic rings. The van der Waals surface area contributed by atoms with Crippen LogP contribution < -0.4 is 10.6 Å². The van der Waals surface area contributed by atoms with Gasteiger partial charge in [0.1, 0.15) is 0 Å². The van der Waals surface area contributed by atoms with Crippen LogP contribution in [0.15, 0.2) is 30.3 Å². The number of nitrogens with one attached hydrogen (secondary N) is 2. The Morgan fingerprint density at radius 3 is 2.48 bits per heavy atom. The summed E-state index contributed by atoms with van der Waals surface area (Å²) in [6.07, 6.45) is 4.20. The van der Waals surface area contributed by atoms with Gasteiger partial charge in [0, 0.05) is 30.3 Å². The number of aromatic nitrogens is 3. The third-order valence-corrected chi connectivity index (χ3v) is 6.20. The van der Waals surface area contributed by atoms with E-state index in [1.807, 2.05) is 51.2 Å². The molecule has 2 aliphatic carbocycles. The van der Waals surface area contributed by atoms with Gasteiger partial charge in [-0.05, 0) is 63.3 Å². The first kappa shape index (κ1) is 19.7. The molecular formula is C24H27N5O2. The lowest BCUT2D eigenvalue weighted by Gasteiger charge is -2.16. The summed E-state index contributed by atoms with van der Waals surface area (Å²) in [5.74, 6) is 0.589. The molecule has 2 N–H and O–H groups in total. The maximum atomic E-state index is 13.3. The third kappa shape index (κ3) is 3.92. The van der Waals surface area contributed by atoms with Gasteiger partial charge < -0.3 is 10.6 Å². The van der Waals surface area contributed by atoms with Gasteiger partial charge in [0.05, 0.1) is 22.7 Å². The highest BCUT2D eigenvalue weighted by molar-refractivity contribution is 6.06. The highest BCUT2D eigenvalue weighted by atomic mass is 16.2. The van der Waals surface area contributed by atoms with Crippen LogP contribution >= 0.6 is 0 Å². The fraction of sp³-hybridized carbons (Fsp3) is 0.417. The molecule has 0 bridgehead atoms. The SMILES string of the molecule is Cc1nn(C)c2nc(C3CC3)cc(C(=O)NC(C)c3ccc(NC(=O)C4CC4)cc3)c12. The number of benzene rings is 1. The van der Waals surface area contributed by atoms with E-state index < -0.39 is 0 Å². The summed E-state index contributed by atoms with van der Waals surface area (Å²) >= 11 is 0. The zero-order chi connectivity index (χ0) is 21.7. The van der Waals surface area contributed by atoms with E-state index in [4.69, 9.17) is 4.98 Å². The molecule has 2 saturated carbocycles. The molecular weight excluding hydrogens is 390 g/mol. The number of rotatable bonds is 6. The molecule has 0 aliphatic heterocycles. The van der Waals surface area contributed by atoms with Gasteiger partial charge in [-0.1, -0.05) is 12.1 Å². The topological polar surface area (TPSA) is 88.9 Å². The third-order valence-electron chi connectivity index (χ3n) is 6.20. The van der Waals surface area contributed by atoms with E-state index in [1.54, 1.807) is 4.68 Å². The van der Waals surface area contributed by atoms with Crippen molar-refractivity contribution in [2.75, 3.05) is 5.32 Å². The largest absolute Gasteiger partial charge is 0.345 e. The van der Waals surface area contributed by atoms with Crippen LogP contribution in [-0.2, 0) is 11.8 Å². The highest BCUT2D eigenvalue weighted by Gasteiger charge is 2.30. The Hall–Kier alpha value is -3.22. The molecule has 2 aromatic heterocycles. The Balaban J connectivity index is 1.36. The molecule has 31 heavy (non-hydrogen) atoms. The second-order valence-corrected chi connectivity index (χ2v) is 8.86. The maximum absolute atomic E-state index is 13.3. The summed E-state index contributed by atoms with van der Waals surface area (Å²) in [6, 6.07) is 9.43. The van der Waals surface area contributed by atoms with Crippen LogP contribution in [0.2, 0.25) is 0 Å². The minimum atomic E-state index is -0.176. The lowest BCUT2D eigenvalue weighted by Crippen LogP contribution is -2.27. The molecule has 1 unspecified atom stereocenters. The van der Waals surface area contributed by atoms with Gasteiger partial charge in [0.15, 0.2) is 5.65 Å². The molecule has 5 rings (SSSR count). The number of hydrogen-bond acceptors (Lipinski definition) is 4. The number of fused-ring (bicyclic) bond motifs is 1. The van der Waals surface area contributed by atoms with Gasteiger partial charge in [-0.3, -0.25) is 14.3 Å². The first-order valence-corrected chi connectivity index (χ1v) is 11.0. The fourth-order valence-corrected chi connectivity index (χ4v) is 4.03. The molecule has 2 heterocycles. The van der Waals surface area contributed by atoms with Crippen molar-refractivity contribution in [3.05, 3.63) is 52.8 Å². The van der Waals surface area contributed by atoms with Crippen molar-refractivity contribution in [3.8, 4) is 0 Å². The molecule has 0 spiro atoms. The van der Waals surface area contributed by atoms with E-state index in [0.29, 0.717) is 11.5 Å². The Morgan fingerprint density at radius 1 is 1.13 bits per heavy atom. The van der Waals surface area contributed by atoms with Crippen LogP contribution in [0, 0.1) is 12.8 Å². The predicted molar refractivity (Wildman–Crippen MR) is 119 cm³/mol. The first-order valence-electron chi connectivity index (χ1n) is 11.0. The van der Waals surface area contributed by atoms with Crippen molar-refractivity contribution in [2.45, 2.75) is 51.5 Å². The van der Waals surface area contributed by atoms with E-state index in [1.165, 1.54) is 0 Å². The predicted octanol–water partition coefficient (Wildman–Crippen LogP) is 3.99. The molecule has 2 fully saturated rings. The summed E-state index contributed by atoms with van der Waals surface area (Å²) in [5.41, 5.74) is 4.95. The Bertz CT molecular complexity index is 1170. The highest BCUT2D eigenvalue weighted by Crippen LogP contribution is 2.40. The van der Waals surface area contributed by atoms with Crippen LogP contribution in [0.5, 0.6) is 0 Å². The van der Waals surface area contributed by atoms with Crippen LogP contribution in [0.1, 0.15) is 71.9 Å². The number of aryl methyl sites for hydroxylation is 2. The van der Waals surface area contributed by atoms with Crippen LogP contribution in [-0.4, -0.2) is 26.6 Å². The van der Waals surface area contributed by atoms with Crippen molar-refractivity contribution in [3.63, 3.8) is 0 Å². The summed E-state index contributed by atoms with van der Waals surface area (Å²) < 4.78 is 1.76. The number of nitrogens with zero attached hydrogens (tertiary/aromatic N) is 3. The molecule has 1 aromatic carbocycles.